The Balaban J connectivity index is 0.000000142. The van der Waals surface area contributed by atoms with Crippen LogP contribution in [-0.4, -0.2) is 48.4 Å². The standard InChI is InChI=1S/C15H14O2.C15H16O2.C12H22O2/c1-16-15(17-2)13-9-5-3-7-11(13)12-8-4-6-10-14(12)15;1-16-15(17-2,13-9-5-3-6-10-13)14-11-7-4-8-12-14;1-10(2)9-6-7-11(10,3)12(8-9,13-4)14-5/h3-10H,1-2H3;3-12H,1-2H3;9H,6-8H2,1-5H3. The molecule has 0 radical (unpaired) electrons. The minimum Gasteiger partial charge on any atom is -0.353 e. The van der Waals surface area contributed by atoms with Crippen molar-refractivity contribution in [1.82, 2.24) is 0 Å². The Hall–Kier alpha value is -3.36. The van der Waals surface area contributed by atoms with E-state index in [4.69, 9.17) is 28.4 Å². The molecule has 6 nitrogen and oxygen atoms in total. The lowest BCUT2D eigenvalue weighted by Crippen LogP contribution is -2.50. The lowest BCUT2D eigenvalue weighted by atomic mass is 9.68. The SMILES string of the molecule is COC(OC)(c1ccccc1)c1ccccc1.COC1(OC)CC2CCC1(C)C2(C)C.COC1(OC)c2ccccc2-c2ccccc21. The van der Waals surface area contributed by atoms with Crippen molar-refractivity contribution in [3.8, 4) is 11.1 Å². The van der Waals surface area contributed by atoms with Crippen LogP contribution in [0.4, 0.5) is 0 Å². The molecule has 256 valence electrons. The minimum atomic E-state index is -0.831. The topological polar surface area (TPSA) is 55.4 Å². The Morgan fingerprint density at radius 1 is 0.542 bits per heavy atom. The molecule has 0 saturated heterocycles. The van der Waals surface area contributed by atoms with Crippen molar-refractivity contribution >= 4 is 0 Å². The Kier molecular flexibility index (Phi) is 10.7. The zero-order chi connectivity index (χ0) is 34.6. The van der Waals surface area contributed by atoms with Gasteiger partial charge in [0.05, 0.1) is 0 Å². The third kappa shape index (κ3) is 5.53. The van der Waals surface area contributed by atoms with Crippen LogP contribution in [0.1, 0.15) is 62.3 Å². The first-order valence-corrected chi connectivity index (χ1v) is 16.7. The van der Waals surface area contributed by atoms with E-state index < -0.39 is 11.6 Å². The molecule has 0 spiro atoms. The molecule has 2 atom stereocenters. The zero-order valence-corrected chi connectivity index (χ0v) is 30.0. The molecule has 4 aromatic carbocycles. The smallest absolute Gasteiger partial charge is 0.223 e. The first-order chi connectivity index (χ1) is 23.1. The van der Waals surface area contributed by atoms with Gasteiger partial charge in [0.2, 0.25) is 11.6 Å². The van der Waals surface area contributed by atoms with Gasteiger partial charge in [-0.1, -0.05) is 130 Å². The molecule has 0 aromatic heterocycles. The van der Waals surface area contributed by atoms with E-state index in [9.17, 15) is 0 Å². The summed E-state index contributed by atoms with van der Waals surface area (Å²) in [4.78, 5) is 0. The number of ether oxygens (including phenoxy) is 6. The van der Waals surface area contributed by atoms with Gasteiger partial charge in [-0.05, 0) is 35.3 Å². The van der Waals surface area contributed by atoms with Crippen molar-refractivity contribution < 1.29 is 28.4 Å². The van der Waals surface area contributed by atoms with Gasteiger partial charge in [-0.25, -0.2) is 0 Å². The van der Waals surface area contributed by atoms with E-state index in [1.54, 1.807) is 42.7 Å². The van der Waals surface area contributed by atoms with Crippen molar-refractivity contribution in [2.75, 3.05) is 42.7 Å². The highest BCUT2D eigenvalue weighted by atomic mass is 16.7. The van der Waals surface area contributed by atoms with Crippen LogP contribution < -0.4 is 0 Å². The molecule has 7 rings (SSSR count). The second-order valence-electron chi connectivity index (χ2n) is 13.5. The number of fused-ring (bicyclic) bond motifs is 5. The van der Waals surface area contributed by atoms with Gasteiger partial charge >= 0.3 is 0 Å². The fourth-order valence-electron chi connectivity index (χ4n) is 8.60. The fourth-order valence-corrected chi connectivity index (χ4v) is 8.60. The summed E-state index contributed by atoms with van der Waals surface area (Å²) in [5, 5.41) is 0. The molecule has 2 unspecified atom stereocenters. The maximum atomic E-state index is 5.70. The van der Waals surface area contributed by atoms with Crippen LogP contribution in [-0.2, 0) is 40.0 Å². The molecular formula is C42H52O6. The molecule has 0 heterocycles. The minimum absolute atomic E-state index is 0.175. The molecule has 4 aromatic rings. The van der Waals surface area contributed by atoms with E-state index in [0.29, 0.717) is 5.41 Å². The maximum absolute atomic E-state index is 5.70. The first kappa shape index (κ1) is 35.9. The fraction of sp³-hybridized carbons (Fsp3) is 0.429. The summed E-state index contributed by atoms with van der Waals surface area (Å²) in [6.07, 6.45) is 3.62. The van der Waals surface area contributed by atoms with E-state index in [-0.39, 0.29) is 11.2 Å². The molecule has 0 N–H and O–H groups in total. The second kappa shape index (κ2) is 14.2. The van der Waals surface area contributed by atoms with Gasteiger partial charge in [0, 0.05) is 76.7 Å². The molecule has 2 saturated carbocycles. The average molecular weight is 653 g/mol. The summed E-state index contributed by atoms with van der Waals surface area (Å²) in [5.41, 5.74) is 7.01. The Morgan fingerprint density at radius 3 is 1.27 bits per heavy atom. The van der Waals surface area contributed by atoms with E-state index in [1.807, 2.05) is 84.9 Å². The van der Waals surface area contributed by atoms with Gasteiger partial charge in [0.1, 0.15) is 0 Å². The third-order valence-electron chi connectivity index (χ3n) is 11.8. The van der Waals surface area contributed by atoms with Crippen LogP contribution in [0.3, 0.4) is 0 Å². The van der Waals surface area contributed by atoms with Crippen LogP contribution in [0.25, 0.3) is 11.1 Å². The largest absolute Gasteiger partial charge is 0.353 e. The molecule has 0 amide bonds. The Labute approximate surface area is 287 Å². The van der Waals surface area contributed by atoms with E-state index in [0.717, 1.165) is 34.6 Å². The lowest BCUT2D eigenvalue weighted by molar-refractivity contribution is -0.275. The van der Waals surface area contributed by atoms with E-state index in [2.05, 4.69) is 45.0 Å². The molecule has 48 heavy (non-hydrogen) atoms. The van der Waals surface area contributed by atoms with Gasteiger partial charge in [0.25, 0.3) is 0 Å². The normalized spacial score (nSPS) is 22.1. The summed E-state index contributed by atoms with van der Waals surface area (Å²) >= 11 is 0. The second-order valence-corrected chi connectivity index (χ2v) is 13.5. The summed E-state index contributed by atoms with van der Waals surface area (Å²) in [5.74, 6) is -1.16. The van der Waals surface area contributed by atoms with Gasteiger partial charge in [-0.15, -0.1) is 0 Å². The summed E-state index contributed by atoms with van der Waals surface area (Å²) in [7, 11) is 10.2. The maximum Gasteiger partial charge on any atom is 0.223 e. The molecule has 3 aliphatic rings. The van der Waals surface area contributed by atoms with Gasteiger partial charge in [-0.2, -0.15) is 0 Å². The van der Waals surface area contributed by atoms with Crippen LogP contribution in [0, 0.1) is 16.7 Å². The van der Waals surface area contributed by atoms with Crippen molar-refractivity contribution in [3.05, 3.63) is 131 Å². The molecule has 0 aliphatic heterocycles. The van der Waals surface area contributed by atoms with Crippen molar-refractivity contribution in [1.29, 1.82) is 0 Å². The predicted octanol–water partition coefficient (Wildman–Crippen LogP) is 9.16. The highest BCUT2D eigenvalue weighted by molar-refractivity contribution is 5.79. The predicted molar refractivity (Wildman–Crippen MR) is 190 cm³/mol. The van der Waals surface area contributed by atoms with Crippen molar-refractivity contribution in [3.63, 3.8) is 0 Å². The molecule has 2 fully saturated rings. The summed E-state index contributed by atoms with van der Waals surface area (Å²) in [6, 6.07) is 36.3. The number of methoxy groups -OCH3 is 6. The monoisotopic (exact) mass is 652 g/mol. The average Bonchev–Trinajstić information content (AvgIpc) is 3.63. The van der Waals surface area contributed by atoms with Crippen molar-refractivity contribution in [2.45, 2.75) is 57.4 Å². The molecule has 2 bridgehead atoms. The lowest BCUT2D eigenvalue weighted by Gasteiger charge is -2.46. The quantitative estimate of drug-likeness (QED) is 0.177. The summed E-state index contributed by atoms with van der Waals surface area (Å²) in [6.45, 7) is 7.06. The van der Waals surface area contributed by atoms with E-state index >= 15 is 0 Å². The number of rotatable bonds is 8. The van der Waals surface area contributed by atoms with Gasteiger partial charge in [0.15, 0.2) is 5.79 Å². The number of benzene rings is 4. The van der Waals surface area contributed by atoms with Crippen LogP contribution >= 0.6 is 0 Å². The molecule has 3 aliphatic carbocycles. The summed E-state index contributed by atoms with van der Waals surface area (Å²) < 4.78 is 34.0. The zero-order valence-electron chi connectivity index (χ0n) is 30.0. The highest BCUT2D eigenvalue weighted by Crippen LogP contribution is 2.70. The highest BCUT2D eigenvalue weighted by Gasteiger charge is 2.70. The van der Waals surface area contributed by atoms with Crippen LogP contribution in [0.5, 0.6) is 0 Å². The van der Waals surface area contributed by atoms with Gasteiger partial charge < -0.3 is 28.4 Å². The van der Waals surface area contributed by atoms with Crippen molar-refractivity contribution in [2.24, 2.45) is 16.7 Å². The molecular weight excluding hydrogens is 600 g/mol. The van der Waals surface area contributed by atoms with E-state index in [1.165, 1.54) is 24.0 Å². The van der Waals surface area contributed by atoms with Crippen LogP contribution in [0.15, 0.2) is 109 Å². The Bertz CT molecular complexity index is 1530. The number of hydrogen-bond donors (Lipinski definition) is 0. The van der Waals surface area contributed by atoms with Crippen LogP contribution in [0.2, 0.25) is 0 Å². The van der Waals surface area contributed by atoms with Gasteiger partial charge in [-0.3, -0.25) is 0 Å². The first-order valence-electron chi connectivity index (χ1n) is 16.7. The molecule has 6 heteroatoms. The third-order valence-corrected chi connectivity index (χ3v) is 11.8. The Morgan fingerprint density at radius 2 is 0.958 bits per heavy atom. The number of hydrogen-bond acceptors (Lipinski definition) is 6.